The van der Waals surface area contributed by atoms with Crippen molar-refractivity contribution in [3.63, 3.8) is 0 Å². The number of anilines is 1. The van der Waals surface area contributed by atoms with E-state index in [0.717, 1.165) is 0 Å². The molecule has 2 aromatic carbocycles. The number of fused-ring (bicyclic) bond motifs is 1. The normalized spacial score (nSPS) is 12.9. The minimum Gasteiger partial charge on any atom is -0.768 e. The summed E-state index contributed by atoms with van der Waals surface area (Å²) in [6.07, 6.45) is 0. The number of rotatable bonds is 1. The maximum absolute atomic E-state index is 10.8. The lowest BCUT2D eigenvalue weighted by Gasteiger charge is -2.09. The summed E-state index contributed by atoms with van der Waals surface area (Å²) in [6.45, 7) is 0. The molecule has 0 radical (unpaired) electrons. The van der Waals surface area contributed by atoms with Gasteiger partial charge < -0.3 is 15.4 Å². The zero-order chi connectivity index (χ0) is 11.0. The summed E-state index contributed by atoms with van der Waals surface area (Å²) < 4.78 is 21.5. The highest BCUT2D eigenvalue weighted by Gasteiger charge is 2.05. The molecule has 78 valence electrons. The van der Waals surface area contributed by atoms with Gasteiger partial charge in [0.2, 0.25) is 0 Å². The van der Waals surface area contributed by atoms with Gasteiger partial charge in [-0.05, 0) is 29.3 Å². The van der Waals surface area contributed by atoms with Gasteiger partial charge in [0, 0.05) is 21.4 Å². The molecule has 5 heteroatoms. The van der Waals surface area contributed by atoms with E-state index in [1.807, 2.05) is 0 Å². The molecule has 0 spiro atoms. The summed E-state index contributed by atoms with van der Waals surface area (Å²) in [5, 5.41) is 10.7. The van der Waals surface area contributed by atoms with Crippen molar-refractivity contribution in [2.45, 2.75) is 4.90 Å². The first kappa shape index (κ1) is 9.95. The molecule has 0 aromatic heterocycles. The highest BCUT2D eigenvalue weighted by atomic mass is 32.2. The van der Waals surface area contributed by atoms with Crippen LogP contribution in [0.25, 0.3) is 10.8 Å². The van der Waals surface area contributed by atoms with Gasteiger partial charge in [-0.15, -0.1) is 0 Å². The Morgan fingerprint density at radius 3 is 2.67 bits per heavy atom. The minimum absolute atomic E-state index is 0.0258. The third-order valence-corrected chi connectivity index (χ3v) is 2.79. The van der Waals surface area contributed by atoms with Crippen molar-refractivity contribution in [3.05, 3.63) is 30.3 Å². The molecule has 3 N–H and O–H groups in total. The zero-order valence-corrected chi connectivity index (χ0v) is 8.45. The van der Waals surface area contributed by atoms with Crippen LogP contribution in [0.5, 0.6) is 5.75 Å². The Kier molecular flexibility index (Phi) is 2.34. The van der Waals surface area contributed by atoms with Crippen molar-refractivity contribution in [1.82, 2.24) is 0 Å². The Balaban J connectivity index is 2.85. The number of phenolic OH excluding ortho intramolecular Hbond substituents is 1. The van der Waals surface area contributed by atoms with Crippen LogP contribution in [-0.4, -0.2) is 13.9 Å². The van der Waals surface area contributed by atoms with Crippen LogP contribution in [0.4, 0.5) is 5.69 Å². The molecule has 0 fully saturated rings. The third-order valence-electron chi connectivity index (χ3n) is 2.17. The van der Waals surface area contributed by atoms with Gasteiger partial charge in [-0.3, -0.25) is 4.21 Å². The average Bonchev–Trinajstić information content (AvgIpc) is 2.19. The van der Waals surface area contributed by atoms with Crippen molar-refractivity contribution in [1.29, 1.82) is 0 Å². The predicted molar refractivity (Wildman–Crippen MR) is 57.2 cm³/mol. The summed E-state index contributed by atoms with van der Waals surface area (Å²) in [5.74, 6) is -0.0843. The average molecular weight is 222 g/mol. The van der Waals surface area contributed by atoms with E-state index < -0.39 is 11.1 Å². The molecule has 15 heavy (non-hydrogen) atoms. The van der Waals surface area contributed by atoms with Gasteiger partial charge in [0.15, 0.2) is 0 Å². The Morgan fingerprint density at radius 1 is 1.27 bits per heavy atom. The fourth-order valence-corrected chi connectivity index (χ4v) is 1.88. The van der Waals surface area contributed by atoms with Crippen LogP contribution in [0, 0.1) is 0 Å². The van der Waals surface area contributed by atoms with Gasteiger partial charge in [-0.1, -0.05) is 12.1 Å². The highest BCUT2D eigenvalue weighted by Crippen LogP contribution is 2.30. The second kappa shape index (κ2) is 3.52. The van der Waals surface area contributed by atoms with E-state index in [-0.39, 0.29) is 10.6 Å². The van der Waals surface area contributed by atoms with Gasteiger partial charge in [0.25, 0.3) is 0 Å². The Morgan fingerprint density at radius 2 is 2.00 bits per heavy atom. The monoisotopic (exact) mass is 222 g/mol. The van der Waals surface area contributed by atoms with E-state index in [0.29, 0.717) is 16.5 Å². The molecule has 0 heterocycles. The van der Waals surface area contributed by atoms with E-state index >= 15 is 0 Å². The number of aromatic hydroxyl groups is 1. The van der Waals surface area contributed by atoms with Crippen LogP contribution < -0.4 is 5.73 Å². The molecule has 0 bridgehead atoms. The molecule has 2 rings (SSSR count). The molecule has 0 saturated carbocycles. The van der Waals surface area contributed by atoms with E-state index in [1.54, 1.807) is 18.2 Å². The predicted octanol–water partition coefficient (Wildman–Crippen LogP) is 1.37. The molecular weight excluding hydrogens is 214 g/mol. The maximum Gasteiger partial charge on any atom is 0.124 e. The summed E-state index contributed by atoms with van der Waals surface area (Å²) in [7, 11) is 0. The first-order chi connectivity index (χ1) is 7.09. The smallest absolute Gasteiger partial charge is 0.124 e. The van der Waals surface area contributed by atoms with Crippen LogP contribution >= 0.6 is 0 Å². The van der Waals surface area contributed by atoms with Gasteiger partial charge in [0.05, 0.1) is 0 Å². The molecule has 0 aliphatic carbocycles. The van der Waals surface area contributed by atoms with E-state index in [2.05, 4.69) is 0 Å². The van der Waals surface area contributed by atoms with Crippen LogP contribution in [-0.2, 0) is 11.1 Å². The zero-order valence-electron chi connectivity index (χ0n) is 7.64. The molecule has 0 amide bonds. The van der Waals surface area contributed by atoms with Crippen molar-refractivity contribution in [3.8, 4) is 5.75 Å². The van der Waals surface area contributed by atoms with Crippen LogP contribution in [0.3, 0.4) is 0 Å². The number of hydrogen-bond acceptors (Lipinski definition) is 4. The number of nitrogen functional groups attached to an aromatic ring is 1. The number of nitrogens with two attached hydrogens (primary N) is 1. The van der Waals surface area contributed by atoms with Crippen LogP contribution in [0.2, 0.25) is 0 Å². The summed E-state index contributed by atoms with van der Waals surface area (Å²) in [6, 6.07) is 7.67. The molecule has 0 aliphatic heterocycles. The molecular formula is C10H8NO3S-. The topological polar surface area (TPSA) is 86.4 Å². The number of hydrogen-bond donors (Lipinski definition) is 2. The molecule has 1 atom stereocenters. The van der Waals surface area contributed by atoms with Crippen molar-refractivity contribution in [2.24, 2.45) is 0 Å². The quantitative estimate of drug-likeness (QED) is 0.563. The van der Waals surface area contributed by atoms with E-state index in [9.17, 15) is 13.9 Å². The molecule has 0 saturated heterocycles. The fraction of sp³-hybridized carbons (Fsp3) is 0. The summed E-state index contributed by atoms with van der Waals surface area (Å²) in [4.78, 5) is 0.0258. The maximum atomic E-state index is 10.8. The largest absolute Gasteiger partial charge is 0.768 e. The standard InChI is InChI=1S/C10H9NO3S/c11-9-3-1-2-7-8(9)4-6(15(13)14)5-10(7)12/h1-5,12H,11H2,(H,13,14)/p-1. The van der Waals surface area contributed by atoms with Crippen molar-refractivity contribution in [2.75, 3.05) is 5.73 Å². The number of benzene rings is 2. The second-order valence-electron chi connectivity index (χ2n) is 3.12. The van der Waals surface area contributed by atoms with Crippen LogP contribution in [0.15, 0.2) is 35.2 Å². The molecule has 0 aliphatic rings. The summed E-state index contributed by atoms with van der Waals surface area (Å²) >= 11 is -2.37. The Hall–Kier alpha value is -1.59. The molecule has 2 aromatic rings. The number of phenols is 1. The Labute approximate surface area is 88.6 Å². The fourth-order valence-electron chi connectivity index (χ4n) is 1.46. The lowest BCUT2D eigenvalue weighted by atomic mass is 10.1. The second-order valence-corrected chi connectivity index (χ2v) is 4.06. The SMILES string of the molecule is Nc1cccc2c(O)cc(S(=O)[O-])cc12. The first-order valence-corrected chi connectivity index (χ1v) is 5.27. The van der Waals surface area contributed by atoms with Crippen LogP contribution in [0.1, 0.15) is 0 Å². The lowest BCUT2D eigenvalue weighted by molar-refractivity contribution is 0.479. The summed E-state index contributed by atoms with van der Waals surface area (Å²) in [5.41, 5.74) is 6.12. The van der Waals surface area contributed by atoms with Gasteiger partial charge in [-0.2, -0.15) is 0 Å². The van der Waals surface area contributed by atoms with Crippen molar-refractivity contribution < 1.29 is 13.9 Å². The third kappa shape index (κ3) is 1.67. The Bertz CT molecular complexity index is 554. The van der Waals surface area contributed by atoms with Crippen molar-refractivity contribution >= 4 is 27.5 Å². The first-order valence-electron chi connectivity index (χ1n) is 4.20. The van der Waals surface area contributed by atoms with Gasteiger partial charge >= 0.3 is 0 Å². The lowest BCUT2D eigenvalue weighted by Crippen LogP contribution is -1.92. The van der Waals surface area contributed by atoms with E-state index in [4.69, 9.17) is 5.73 Å². The molecule has 4 nitrogen and oxygen atoms in total. The van der Waals surface area contributed by atoms with Gasteiger partial charge in [0.1, 0.15) is 5.75 Å². The van der Waals surface area contributed by atoms with E-state index in [1.165, 1.54) is 12.1 Å². The molecule has 1 unspecified atom stereocenters. The highest BCUT2D eigenvalue weighted by molar-refractivity contribution is 7.79. The minimum atomic E-state index is -2.37. The van der Waals surface area contributed by atoms with Gasteiger partial charge in [-0.25, -0.2) is 0 Å².